The fourth-order valence-corrected chi connectivity index (χ4v) is 2.90. The van der Waals surface area contributed by atoms with E-state index >= 15 is 0 Å². The summed E-state index contributed by atoms with van der Waals surface area (Å²) in [7, 11) is 1.22. The standard InChI is InChI=1S/C12H10F3N5O3S/c1-11(23,12(13,14)15)9-18-5(3-24-9)20-7-6(16-4-17-7)8(21)19(2)10(20)22/h3-4,23H,1-2H3,(H,16,17). The van der Waals surface area contributed by atoms with Crippen LogP contribution < -0.4 is 11.2 Å². The summed E-state index contributed by atoms with van der Waals surface area (Å²) in [5.41, 5.74) is -4.66. The molecule has 3 aromatic heterocycles. The maximum atomic E-state index is 12.9. The quantitative estimate of drug-likeness (QED) is 0.697. The molecule has 0 aliphatic heterocycles. The van der Waals surface area contributed by atoms with E-state index in [2.05, 4.69) is 15.0 Å². The Hall–Kier alpha value is -2.47. The Morgan fingerprint density at radius 1 is 1.33 bits per heavy atom. The van der Waals surface area contributed by atoms with Gasteiger partial charge in [0.25, 0.3) is 5.56 Å². The number of aromatic amines is 1. The topological polar surface area (TPSA) is 106 Å². The molecule has 0 aliphatic rings. The number of rotatable bonds is 2. The van der Waals surface area contributed by atoms with E-state index < -0.39 is 28.0 Å². The Morgan fingerprint density at radius 3 is 2.62 bits per heavy atom. The average molecular weight is 361 g/mol. The van der Waals surface area contributed by atoms with Crippen LogP contribution in [0.3, 0.4) is 0 Å². The van der Waals surface area contributed by atoms with E-state index in [4.69, 9.17) is 0 Å². The van der Waals surface area contributed by atoms with Gasteiger partial charge in [-0.15, -0.1) is 11.3 Å². The van der Waals surface area contributed by atoms with Gasteiger partial charge in [-0.05, 0) is 6.92 Å². The van der Waals surface area contributed by atoms with Crippen LogP contribution in [0.5, 0.6) is 0 Å². The van der Waals surface area contributed by atoms with Crippen molar-refractivity contribution in [3.05, 3.63) is 37.6 Å². The molecule has 0 radical (unpaired) electrons. The first-order valence-corrected chi connectivity index (χ1v) is 7.34. The lowest BCUT2D eigenvalue weighted by molar-refractivity contribution is -0.258. The molecule has 3 aromatic rings. The Labute approximate surface area is 134 Å². The van der Waals surface area contributed by atoms with Gasteiger partial charge in [0.15, 0.2) is 11.5 Å². The maximum Gasteiger partial charge on any atom is 0.423 e. The highest BCUT2D eigenvalue weighted by Crippen LogP contribution is 2.40. The summed E-state index contributed by atoms with van der Waals surface area (Å²) in [6.45, 7) is 0.573. The van der Waals surface area contributed by atoms with E-state index in [0.717, 1.165) is 9.13 Å². The molecule has 0 spiro atoms. The smallest absolute Gasteiger partial charge is 0.375 e. The Balaban J connectivity index is 2.27. The van der Waals surface area contributed by atoms with Crippen molar-refractivity contribution in [3.63, 3.8) is 0 Å². The van der Waals surface area contributed by atoms with Gasteiger partial charge in [-0.25, -0.2) is 19.3 Å². The first kappa shape index (κ1) is 16.4. The number of hydrogen-bond donors (Lipinski definition) is 2. The first-order chi connectivity index (χ1) is 11.1. The van der Waals surface area contributed by atoms with Crippen molar-refractivity contribution < 1.29 is 18.3 Å². The van der Waals surface area contributed by atoms with Crippen LogP contribution in [-0.2, 0) is 12.6 Å². The van der Waals surface area contributed by atoms with Crippen molar-refractivity contribution in [3.8, 4) is 5.82 Å². The van der Waals surface area contributed by atoms with Crippen LogP contribution in [0.2, 0.25) is 0 Å². The average Bonchev–Trinajstić information content (AvgIpc) is 3.13. The highest BCUT2D eigenvalue weighted by atomic mass is 32.1. The summed E-state index contributed by atoms with van der Waals surface area (Å²) >= 11 is 0.542. The van der Waals surface area contributed by atoms with E-state index in [1.165, 1.54) is 18.8 Å². The third kappa shape index (κ3) is 2.17. The predicted octanol–water partition coefficient (Wildman–Crippen LogP) is 0.639. The Kier molecular flexibility index (Phi) is 3.42. The number of halogens is 3. The molecular formula is C12H10F3N5O3S. The van der Waals surface area contributed by atoms with Gasteiger partial charge in [-0.2, -0.15) is 13.2 Å². The second-order valence-electron chi connectivity index (χ2n) is 5.16. The van der Waals surface area contributed by atoms with E-state index in [9.17, 15) is 27.9 Å². The second kappa shape index (κ2) is 5.01. The number of fused-ring (bicyclic) bond motifs is 1. The van der Waals surface area contributed by atoms with Crippen molar-refractivity contribution in [2.75, 3.05) is 0 Å². The molecule has 0 amide bonds. The van der Waals surface area contributed by atoms with E-state index in [0.29, 0.717) is 18.3 Å². The zero-order valence-electron chi connectivity index (χ0n) is 12.2. The van der Waals surface area contributed by atoms with Crippen LogP contribution in [0, 0.1) is 0 Å². The van der Waals surface area contributed by atoms with Gasteiger partial charge in [0.05, 0.1) is 6.33 Å². The molecule has 0 saturated heterocycles. The number of thiazole rings is 1. The minimum absolute atomic E-state index is 0.00855. The van der Waals surface area contributed by atoms with Crippen molar-refractivity contribution in [2.45, 2.75) is 18.7 Å². The van der Waals surface area contributed by atoms with Gasteiger partial charge in [0.1, 0.15) is 10.5 Å². The molecule has 3 heterocycles. The normalized spacial score (nSPS) is 14.9. The summed E-state index contributed by atoms with van der Waals surface area (Å²) in [6.07, 6.45) is -3.75. The van der Waals surface area contributed by atoms with Crippen LogP contribution in [0.1, 0.15) is 11.9 Å². The molecule has 0 aromatic carbocycles. The number of alkyl halides is 3. The number of imidazole rings is 1. The van der Waals surface area contributed by atoms with Crippen LogP contribution in [0.4, 0.5) is 13.2 Å². The van der Waals surface area contributed by atoms with E-state index in [-0.39, 0.29) is 17.0 Å². The van der Waals surface area contributed by atoms with Crippen molar-refractivity contribution in [1.82, 2.24) is 24.1 Å². The third-order valence-electron chi connectivity index (χ3n) is 3.52. The number of nitrogens with zero attached hydrogens (tertiary/aromatic N) is 4. The lowest BCUT2D eigenvalue weighted by Gasteiger charge is -2.23. The number of aromatic nitrogens is 5. The zero-order valence-corrected chi connectivity index (χ0v) is 13.1. The lowest BCUT2D eigenvalue weighted by Crippen LogP contribution is -2.39. The number of hydrogen-bond acceptors (Lipinski definition) is 6. The monoisotopic (exact) mass is 361 g/mol. The Bertz CT molecular complexity index is 1040. The predicted molar refractivity (Wildman–Crippen MR) is 78.2 cm³/mol. The van der Waals surface area contributed by atoms with Gasteiger partial charge < -0.3 is 10.1 Å². The van der Waals surface area contributed by atoms with Crippen molar-refractivity contribution in [1.29, 1.82) is 0 Å². The summed E-state index contributed by atoms with van der Waals surface area (Å²) in [4.78, 5) is 34.4. The Morgan fingerprint density at radius 2 is 2.00 bits per heavy atom. The molecule has 128 valence electrons. The third-order valence-corrected chi connectivity index (χ3v) is 4.56. The lowest BCUT2D eigenvalue weighted by atomic mass is 10.1. The molecular weight excluding hydrogens is 351 g/mol. The molecule has 24 heavy (non-hydrogen) atoms. The second-order valence-corrected chi connectivity index (χ2v) is 6.02. The summed E-state index contributed by atoms with van der Waals surface area (Å²) in [6, 6.07) is 0. The minimum Gasteiger partial charge on any atom is -0.375 e. The van der Waals surface area contributed by atoms with Crippen LogP contribution in [0.25, 0.3) is 17.0 Å². The van der Waals surface area contributed by atoms with E-state index in [1.807, 2.05) is 0 Å². The molecule has 1 atom stereocenters. The molecule has 3 rings (SSSR count). The molecule has 0 aliphatic carbocycles. The minimum atomic E-state index is -4.93. The van der Waals surface area contributed by atoms with Gasteiger partial charge in [-0.3, -0.25) is 9.36 Å². The van der Waals surface area contributed by atoms with Gasteiger partial charge in [-0.1, -0.05) is 0 Å². The highest BCUT2D eigenvalue weighted by molar-refractivity contribution is 7.10. The molecule has 8 nitrogen and oxygen atoms in total. The number of H-pyrrole nitrogens is 1. The zero-order chi connectivity index (χ0) is 17.9. The largest absolute Gasteiger partial charge is 0.423 e. The molecule has 1 unspecified atom stereocenters. The molecule has 0 fully saturated rings. The number of nitrogens with one attached hydrogen (secondary N) is 1. The number of aliphatic hydroxyl groups is 1. The summed E-state index contributed by atoms with van der Waals surface area (Å²) < 4.78 is 40.4. The maximum absolute atomic E-state index is 12.9. The summed E-state index contributed by atoms with van der Waals surface area (Å²) in [5.74, 6) is -0.169. The van der Waals surface area contributed by atoms with Crippen LogP contribution in [0.15, 0.2) is 21.3 Å². The first-order valence-electron chi connectivity index (χ1n) is 6.46. The van der Waals surface area contributed by atoms with Gasteiger partial charge >= 0.3 is 11.9 Å². The van der Waals surface area contributed by atoms with Crippen molar-refractivity contribution in [2.24, 2.45) is 7.05 Å². The van der Waals surface area contributed by atoms with Gasteiger partial charge in [0.2, 0.25) is 5.60 Å². The molecule has 0 saturated carbocycles. The van der Waals surface area contributed by atoms with Crippen molar-refractivity contribution >= 4 is 22.5 Å². The molecule has 0 bridgehead atoms. The SMILES string of the molecule is Cn1c(=O)c2[nH]cnc2n(-c2csc(C(C)(O)C(F)(F)F)n2)c1=O. The molecule has 2 N–H and O–H groups in total. The fraction of sp³-hybridized carbons (Fsp3) is 0.333. The van der Waals surface area contributed by atoms with Gasteiger partial charge in [0, 0.05) is 12.4 Å². The fourth-order valence-electron chi connectivity index (χ4n) is 2.03. The van der Waals surface area contributed by atoms with Crippen LogP contribution in [-0.4, -0.2) is 35.4 Å². The van der Waals surface area contributed by atoms with Crippen LogP contribution >= 0.6 is 11.3 Å². The van der Waals surface area contributed by atoms with E-state index in [1.54, 1.807) is 0 Å². The highest BCUT2D eigenvalue weighted by Gasteiger charge is 2.53. The molecule has 12 heteroatoms. The summed E-state index contributed by atoms with van der Waals surface area (Å²) in [5, 5.41) is 10.2.